The SMILES string of the molecule is CS[SiH](SC)SCCCOCC1CO1. The second-order valence-corrected chi connectivity index (χ2v) is 16.0. The summed E-state index contributed by atoms with van der Waals surface area (Å²) < 4.78 is 10.5. The summed E-state index contributed by atoms with van der Waals surface area (Å²) >= 11 is 6.25. The zero-order valence-corrected chi connectivity index (χ0v) is 12.3. The van der Waals surface area contributed by atoms with Crippen molar-refractivity contribution in [3.8, 4) is 0 Å². The van der Waals surface area contributed by atoms with Gasteiger partial charge in [0.2, 0.25) is 6.25 Å². The number of hydrogen-bond acceptors (Lipinski definition) is 5. The quantitative estimate of drug-likeness (QED) is 0.362. The Balaban J connectivity index is 1.78. The van der Waals surface area contributed by atoms with E-state index < -0.39 is 6.25 Å². The first-order chi connectivity index (χ1) is 6.86. The molecule has 84 valence electrons. The van der Waals surface area contributed by atoms with E-state index in [0.717, 1.165) is 19.8 Å². The summed E-state index contributed by atoms with van der Waals surface area (Å²) in [5.41, 5.74) is 0. The Morgan fingerprint density at radius 3 is 2.71 bits per heavy atom. The molecule has 1 saturated heterocycles. The van der Waals surface area contributed by atoms with Crippen LogP contribution in [-0.2, 0) is 9.47 Å². The first kappa shape index (κ1) is 13.3. The van der Waals surface area contributed by atoms with Crippen molar-refractivity contribution in [3.05, 3.63) is 0 Å². The van der Waals surface area contributed by atoms with Gasteiger partial charge in [0.15, 0.2) is 0 Å². The molecule has 0 amide bonds. The minimum Gasteiger partial charge on any atom is -0.379 e. The van der Waals surface area contributed by atoms with E-state index in [9.17, 15) is 0 Å². The smallest absolute Gasteiger partial charge is 0.220 e. The minimum atomic E-state index is -0.581. The van der Waals surface area contributed by atoms with Crippen molar-refractivity contribution in [2.75, 3.05) is 38.1 Å². The predicted octanol–water partition coefficient (Wildman–Crippen LogP) is 1.97. The van der Waals surface area contributed by atoms with E-state index in [2.05, 4.69) is 46.1 Å². The Hall–Kier alpha value is 1.19. The Bertz CT molecular complexity index is 143. The van der Waals surface area contributed by atoms with Crippen LogP contribution in [0, 0.1) is 0 Å². The summed E-state index contributed by atoms with van der Waals surface area (Å²) in [7, 11) is 0. The van der Waals surface area contributed by atoms with Gasteiger partial charge in [-0.15, -0.1) is 0 Å². The topological polar surface area (TPSA) is 21.8 Å². The van der Waals surface area contributed by atoms with Crippen LogP contribution in [0.25, 0.3) is 0 Å². The standard InChI is InChI=1S/C8H18O2S3Si/c1-11-14(12-2)13-5-3-4-9-6-8-7-10-8/h8,14H,3-7H2,1-2H3. The van der Waals surface area contributed by atoms with Crippen LogP contribution >= 0.6 is 33.6 Å². The zero-order chi connectivity index (χ0) is 10.2. The Morgan fingerprint density at radius 1 is 1.43 bits per heavy atom. The molecule has 14 heavy (non-hydrogen) atoms. The molecular formula is C8H18O2S3Si. The molecule has 1 aliphatic heterocycles. The van der Waals surface area contributed by atoms with Crippen molar-refractivity contribution in [3.63, 3.8) is 0 Å². The van der Waals surface area contributed by atoms with Gasteiger partial charge in [0, 0.05) is 6.61 Å². The van der Waals surface area contributed by atoms with E-state index in [1.165, 1.54) is 12.2 Å². The monoisotopic (exact) mass is 270 g/mol. The highest BCUT2D eigenvalue weighted by molar-refractivity contribution is 8.76. The predicted molar refractivity (Wildman–Crippen MR) is 71.8 cm³/mol. The first-order valence-electron chi connectivity index (χ1n) is 4.73. The third-order valence-corrected chi connectivity index (χ3v) is 16.6. The van der Waals surface area contributed by atoms with Gasteiger partial charge in [0.25, 0.3) is 0 Å². The van der Waals surface area contributed by atoms with Crippen molar-refractivity contribution in [2.24, 2.45) is 0 Å². The largest absolute Gasteiger partial charge is 0.379 e. The molecule has 0 aromatic carbocycles. The van der Waals surface area contributed by atoms with E-state index in [0.29, 0.717) is 6.10 Å². The van der Waals surface area contributed by atoms with Gasteiger partial charge in [-0.3, -0.25) is 0 Å². The molecule has 2 nitrogen and oxygen atoms in total. The van der Waals surface area contributed by atoms with Crippen molar-refractivity contribution >= 4 is 39.9 Å². The number of epoxide rings is 1. The van der Waals surface area contributed by atoms with E-state index in [1.807, 2.05) is 0 Å². The highest BCUT2D eigenvalue weighted by Crippen LogP contribution is 2.25. The van der Waals surface area contributed by atoms with Gasteiger partial charge in [-0.2, -0.15) is 33.6 Å². The molecule has 0 spiro atoms. The van der Waals surface area contributed by atoms with Gasteiger partial charge < -0.3 is 9.47 Å². The van der Waals surface area contributed by atoms with Gasteiger partial charge in [0.1, 0.15) is 6.10 Å². The molecule has 1 atom stereocenters. The third kappa shape index (κ3) is 6.63. The third-order valence-electron chi connectivity index (χ3n) is 1.78. The summed E-state index contributed by atoms with van der Waals surface area (Å²) in [6, 6.07) is 0. The zero-order valence-electron chi connectivity index (χ0n) is 8.73. The molecule has 0 radical (unpaired) electrons. The van der Waals surface area contributed by atoms with Crippen LogP contribution in [0.2, 0.25) is 0 Å². The number of hydrogen-bond donors (Lipinski definition) is 0. The fourth-order valence-electron chi connectivity index (χ4n) is 0.952. The summed E-state index contributed by atoms with van der Waals surface area (Å²) in [5.74, 6) is 1.25. The molecule has 1 unspecified atom stereocenters. The normalized spacial score (nSPS) is 20.4. The second kappa shape index (κ2) is 8.35. The number of rotatable bonds is 9. The molecule has 0 N–H and O–H groups in total. The molecular weight excluding hydrogens is 252 g/mol. The molecule has 1 heterocycles. The fourth-order valence-corrected chi connectivity index (χ4v) is 10.3. The molecule has 0 aromatic heterocycles. The lowest BCUT2D eigenvalue weighted by molar-refractivity contribution is 0.117. The van der Waals surface area contributed by atoms with Gasteiger partial charge in [-0.05, 0) is 24.7 Å². The maximum absolute atomic E-state index is 5.47. The lowest BCUT2D eigenvalue weighted by Crippen LogP contribution is -2.04. The van der Waals surface area contributed by atoms with Gasteiger partial charge in [0.05, 0.1) is 13.2 Å². The summed E-state index contributed by atoms with van der Waals surface area (Å²) in [4.78, 5) is 0. The van der Waals surface area contributed by atoms with Crippen LogP contribution in [0.3, 0.4) is 0 Å². The summed E-state index contributed by atoms with van der Waals surface area (Å²) in [6.07, 6.45) is 5.47. The van der Waals surface area contributed by atoms with Gasteiger partial charge in [-0.1, -0.05) is 0 Å². The van der Waals surface area contributed by atoms with Crippen molar-refractivity contribution in [1.29, 1.82) is 0 Å². The molecule has 1 aliphatic rings. The minimum absolute atomic E-state index is 0.419. The van der Waals surface area contributed by atoms with Crippen molar-refractivity contribution in [1.82, 2.24) is 0 Å². The second-order valence-electron chi connectivity index (χ2n) is 3.01. The molecule has 0 bridgehead atoms. The lowest BCUT2D eigenvalue weighted by Gasteiger charge is -2.08. The Morgan fingerprint density at radius 2 is 2.14 bits per heavy atom. The van der Waals surface area contributed by atoms with E-state index in [-0.39, 0.29) is 0 Å². The molecule has 0 aliphatic carbocycles. The fraction of sp³-hybridized carbons (Fsp3) is 1.00. The van der Waals surface area contributed by atoms with Gasteiger partial charge >= 0.3 is 0 Å². The molecule has 1 fully saturated rings. The van der Waals surface area contributed by atoms with Crippen molar-refractivity contribution in [2.45, 2.75) is 12.5 Å². The molecule has 0 aromatic rings. The van der Waals surface area contributed by atoms with E-state index in [1.54, 1.807) is 0 Å². The first-order valence-corrected chi connectivity index (χ1v) is 12.6. The summed E-state index contributed by atoms with van der Waals surface area (Å²) in [5, 5.41) is 0. The van der Waals surface area contributed by atoms with Crippen LogP contribution in [0.1, 0.15) is 6.42 Å². The highest BCUT2D eigenvalue weighted by atomic mass is 32.8. The van der Waals surface area contributed by atoms with E-state index in [4.69, 9.17) is 9.47 Å². The van der Waals surface area contributed by atoms with Crippen LogP contribution in [-0.4, -0.2) is 50.4 Å². The lowest BCUT2D eigenvalue weighted by atomic mass is 10.5. The van der Waals surface area contributed by atoms with E-state index >= 15 is 0 Å². The van der Waals surface area contributed by atoms with Crippen LogP contribution < -0.4 is 0 Å². The average molecular weight is 271 g/mol. The summed E-state index contributed by atoms with van der Waals surface area (Å²) in [6.45, 7) is 2.61. The highest BCUT2D eigenvalue weighted by Gasteiger charge is 2.21. The van der Waals surface area contributed by atoms with Crippen LogP contribution in [0.5, 0.6) is 0 Å². The van der Waals surface area contributed by atoms with Crippen molar-refractivity contribution < 1.29 is 9.47 Å². The number of ether oxygens (including phenoxy) is 2. The average Bonchev–Trinajstić information content (AvgIpc) is 3.01. The van der Waals surface area contributed by atoms with Crippen LogP contribution in [0.15, 0.2) is 0 Å². The van der Waals surface area contributed by atoms with Gasteiger partial charge in [-0.25, -0.2) is 0 Å². The molecule has 6 heteroatoms. The molecule has 0 saturated carbocycles. The molecule has 1 rings (SSSR count). The maximum atomic E-state index is 5.47. The maximum Gasteiger partial charge on any atom is 0.220 e. The van der Waals surface area contributed by atoms with Crippen LogP contribution in [0.4, 0.5) is 0 Å². The Labute approximate surface area is 99.8 Å². The Kier molecular flexibility index (Phi) is 7.91.